The molecule has 7 heteroatoms. The van der Waals surface area contributed by atoms with E-state index >= 15 is 0 Å². The van der Waals surface area contributed by atoms with Gasteiger partial charge in [-0.25, -0.2) is 0 Å². The Bertz CT molecular complexity index is 682. The van der Waals surface area contributed by atoms with Crippen molar-refractivity contribution in [2.45, 2.75) is 101 Å². The molecule has 1 aromatic rings. The van der Waals surface area contributed by atoms with E-state index in [1.165, 1.54) is 0 Å². The zero-order valence-electron chi connectivity index (χ0n) is 19.2. The van der Waals surface area contributed by atoms with E-state index in [2.05, 4.69) is 6.92 Å². The van der Waals surface area contributed by atoms with E-state index in [1.54, 1.807) is 36.0 Å². The number of aliphatic hydroxyl groups excluding tert-OH is 2. The predicted octanol–water partition coefficient (Wildman–Crippen LogP) is 4.43. The molecule has 1 aliphatic carbocycles. The van der Waals surface area contributed by atoms with Gasteiger partial charge in [-0.05, 0) is 42.9 Å². The second-order valence-electron chi connectivity index (χ2n) is 9.19. The zero-order valence-corrected chi connectivity index (χ0v) is 20.0. The minimum Gasteiger partial charge on any atom is -0.508 e. The average Bonchev–Trinajstić information content (AvgIpc) is 3.01. The van der Waals surface area contributed by atoms with Crippen LogP contribution in [-0.4, -0.2) is 54.7 Å². The van der Waals surface area contributed by atoms with Crippen molar-refractivity contribution in [1.29, 1.82) is 0 Å². The minimum atomic E-state index is -1.05. The third kappa shape index (κ3) is 8.25. The number of aliphatic hydroxyl groups is 3. The van der Waals surface area contributed by atoms with Gasteiger partial charge < -0.3 is 25.5 Å². The number of benzene rings is 1. The fourth-order valence-electron chi connectivity index (χ4n) is 4.63. The van der Waals surface area contributed by atoms with Crippen molar-refractivity contribution < 1.29 is 30.3 Å². The molecule has 5 N–H and O–H groups in total. The molecule has 0 radical (unpaired) electrons. The van der Waals surface area contributed by atoms with Gasteiger partial charge in [-0.3, -0.25) is 4.79 Å². The Morgan fingerprint density at radius 1 is 1.03 bits per heavy atom. The molecule has 0 aromatic heterocycles. The summed E-state index contributed by atoms with van der Waals surface area (Å²) in [7, 11) is 0. The lowest BCUT2D eigenvalue weighted by atomic mass is 9.90. The van der Waals surface area contributed by atoms with Crippen molar-refractivity contribution in [3.8, 4) is 5.75 Å². The smallest absolute Gasteiger partial charge is 0.303 e. The number of carboxylic acid groups (broad SMARTS) is 1. The monoisotopic (exact) mass is 468 g/mol. The number of unbranched alkanes of at least 4 members (excludes halogenated alkanes) is 5. The number of phenolic OH excluding ortho intramolecular Hbond substituents is 1. The molecule has 0 amide bonds. The van der Waals surface area contributed by atoms with Crippen molar-refractivity contribution in [3.05, 3.63) is 29.8 Å². The molecule has 1 saturated carbocycles. The molecule has 1 aromatic carbocycles. The van der Waals surface area contributed by atoms with E-state index in [-0.39, 0.29) is 23.3 Å². The van der Waals surface area contributed by atoms with E-state index in [4.69, 9.17) is 5.11 Å². The summed E-state index contributed by atoms with van der Waals surface area (Å²) in [5.41, 5.74) is -0.288. The highest BCUT2D eigenvalue weighted by Crippen LogP contribution is 2.42. The molecule has 0 spiro atoms. The van der Waals surface area contributed by atoms with Crippen molar-refractivity contribution in [3.63, 3.8) is 0 Å². The van der Waals surface area contributed by atoms with E-state index < -0.39 is 23.8 Å². The quantitative estimate of drug-likeness (QED) is 0.242. The summed E-state index contributed by atoms with van der Waals surface area (Å²) in [6.45, 7) is 2.12. The lowest BCUT2D eigenvalue weighted by molar-refractivity contribution is -0.137. The number of carboxylic acids is 1. The number of hydrogen-bond donors (Lipinski definition) is 5. The molecule has 1 fully saturated rings. The minimum absolute atomic E-state index is 0.0332. The van der Waals surface area contributed by atoms with Gasteiger partial charge >= 0.3 is 5.97 Å². The lowest BCUT2D eigenvalue weighted by Crippen LogP contribution is -2.33. The maximum absolute atomic E-state index is 11.5. The van der Waals surface area contributed by atoms with Crippen LogP contribution in [0.4, 0.5) is 0 Å². The number of thioether (sulfide) groups is 1. The Labute approximate surface area is 196 Å². The van der Waals surface area contributed by atoms with Crippen LogP contribution in [0.1, 0.15) is 83.1 Å². The molecule has 6 nitrogen and oxygen atoms in total. The molecule has 1 aliphatic rings. The van der Waals surface area contributed by atoms with Crippen LogP contribution in [0.15, 0.2) is 24.3 Å². The first-order valence-electron chi connectivity index (χ1n) is 12.0. The molecule has 32 heavy (non-hydrogen) atoms. The summed E-state index contributed by atoms with van der Waals surface area (Å²) in [6.07, 6.45) is 7.10. The van der Waals surface area contributed by atoms with Crippen LogP contribution in [0.25, 0.3) is 0 Å². The van der Waals surface area contributed by atoms with Crippen LogP contribution < -0.4 is 0 Å². The summed E-state index contributed by atoms with van der Waals surface area (Å²) < 4.78 is 0. The molecular weight excluding hydrogens is 428 g/mol. The number of phenols is 1. The predicted molar refractivity (Wildman–Crippen MR) is 128 cm³/mol. The van der Waals surface area contributed by atoms with Gasteiger partial charge in [0.15, 0.2) is 0 Å². The van der Waals surface area contributed by atoms with Gasteiger partial charge in [0, 0.05) is 23.8 Å². The first kappa shape index (κ1) is 27.0. The first-order valence-corrected chi connectivity index (χ1v) is 13.0. The Morgan fingerprint density at radius 2 is 1.72 bits per heavy atom. The highest BCUT2D eigenvalue weighted by molar-refractivity contribution is 8.00. The number of rotatable bonds is 15. The van der Waals surface area contributed by atoms with Crippen LogP contribution >= 0.6 is 11.8 Å². The molecule has 5 atom stereocenters. The summed E-state index contributed by atoms with van der Waals surface area (Å²) in [5.74, 6) is -0.217. The van der Waals surface area contributed by atoms with E-state index in [0.29, 0.717) is 25.0 Å². The molecular formula is C25H40O6S. The van der Waals surface area contributed by atoms with E-state index in [0.717, 1.165) is 50.5 Å². The largest absolute Gasteiger partial charge is 0.508 e. The normalized spacial score (nSPS) is 25.0. The van der Waals surface area contributed by atoms with Crippen LogP contribution in [-0.2, 0) is 10.4 Å². The van der Waals surface area contributed by atoms with Gasteiger partial charge in [-0.2, -0.15) is 11.8 Å². The molecule has 0 aliphatic heterocycles. The summed E-state index contributed by atoms with van der Waals surface area (Å²) in [4.78, 5) is 10.6. The Kier molecular flexibility index (Phi) is 11.3. The average molecular weight is 469 g/mol. The second-order valence-corrected chi connectivity index (χ2v) is 10.4. The van der Waals surface area contributed by atoms with Crippen LogP contribution in [0.3, 0.4) is 0 Å². The Morgan fingerprint density at radius 3 is 2.38 bits per heavy atom. The summed E-state index contributed by atoms with van der Waals surface area (Å²) >= 11 is 1.54. The second kappa shape index (κ2) is 13.4. The van der Waals surface area contributed by atoms with Gasteiger partial charge in [0.2, 0.25) is 0 Å². The number of carbonyl (C=O) groups is 1. The van der Waals surface area contributed by atoms with Gasteiger partial charge in [0.05, 0.1) is 17.8 Å². The standard InChI is InChI=1S/C25H40O6S/c1-2-3-8-15-25(31,18-11-13-19(26)14-12-18)17-32-24-20(21(27)16-22(24)28)9-6-4-5-7-10-23(29)30/h11-14,20-22,24,26-28,31H,2-10,15-17H2,1H3,(H,29,30)/t20-,21?,22?,24+,25?/m0/s1. The van der Waals surface area contributed by atoms with Gasteiger partial charge in [-0.15, -0.1) is 0 Å². The third-order valence-electron chi connectivity index (χ3n) is 6.57. The Hall–Kier alpha value is -1.28. The molecule has 3 unspecified atom stereocenters. The van der Waals surface area contributed by atoms with Crippen LogP contribution in [0, 0.1) is 5.92 Å². The lowest BCUT2D eigenvalue weighted by Gasteiger charge is -2.32. The fourth-order valence-corrected chi connectivity index (χ4v) is 6.31. The molecule has 0 saturated heterocycles. The van der Waals surface area contributed by atoms with Crippen LogP contribution in [0.2, 0.25) is 0 Å². The summed E-state index contributed by atoms with van der Waals surface area (Å²) in [5, 5.41) is 50.8. The first-order chi connectivity index (χ1) is 15.3. The molecule has 0 bridgehead atoms. The highest BCUT2D eigenvalue weighted by Gasteiger charge is 2.43. The summed E-state index contributed by atoms with van der Waals surface area (Å²) in [6, 6.07) is 6.70. The maximum atomic E-state index is 11.5. The van der Waals surface area contributed by atoms with Crippen LogP contribution in [0.5, 0.6) is 5.75 Å². The van der Waals surface area contributed by atoms with Gasteiger partial charge in [0.25, 0.3) is 0 Å². The molecule has 182 valence electrons. The van der Waals surface area contributed by atoms with Crippen molar-refractivity contribution in [2.24, 2.45) is 5.92 Å². The fraction of sp³-hybridized carbons (Fsp3) is 0.720. The van der Waals surface area contributed by atoms with Crippen molar-refractivity contribution >= 4 is 17.7 Å². The Balaban J connectivity index is 1.97. The van der Waals surface area contributed by atoms with E-state index in [1.807, 2.05) is 0 Å². The SMILES string of the molecule is CCCCCC(O)(CS[C@H]1C(O)CC(O)[C@@H]1CCCCCCC(=O)O)c1ccc(O)cc1. The topological polar surface area (TPSA) is 118 Å². The molecule has 2 rings (SSSR count). The van der Waals surface area contributed by atoms with Gasteiger partial charge in [-0.1, -0.05) is 57.6 Å². The van der Waals surface area contributed by atoms with Crippen molar-refractivity contribution in [1.82, 2.24) is 0 Å². The third-order valence-corrected chi connectivity index (χ3v) is 8.26. The maximum Gasteiger partial charge on any atom is 0.303 e. The van der Waals surface area contributed by atoms with Gasteiger partial charge in [0.1, 0.15) is 5.75 Å². The zero-order chi connectivity index (χ0) is 23.6. The number of hydrogen-bond acceptors (Lipinski definition) is 6. The number of aliphatic carboxylic acids is 1. The van der Waals surface area contributed by atoms with E-state index in [9.17, 15) is 25.2 Å². The van der Waals surface area contributed by atoms with Crippen molar-refractivity contribution in [2.75, 3.05) is 5.75 Å². The highest BCUT2D eigenvalue weighted by atomic mass is 32.2. The number of aromatic hydroxyl groups is 1. The molecule has 0 heterocycles.